The van der Waals surface area contributed by atoms with Gasteiger partial charge in [0.15, 0.2) is 11.9 Å². The van der Waals surface area contributed by atoms with Crippen LogP contribution in [0.25, 0.3) is 5.69 Å². The third-order valence-corrected chi connectivity index (χ3v) is 6.18. The average molecular weight is 428 g/mol. The zero-order valence-corrected chi connectivity index (χ0v) is 18.2. The Kier molecular flexibility index (Phi) is 5.61. The Morgan fingerprint density at radius 1 is 1.43 bits per heavy atom. The zero-order chi connectivity index (χ0) is 21.4. The second-order valence-corrected chi connectivity index (χ2v) is 8.94. The zero-order valence-electron chi connectivity index (χ0n) is 17.4. The number of hydrogen-bond acceptors (Lipinski definition) is 5. The number of aryl methyl sites for hydroxylation is 1. The lowest BCUT2D eigenvalue weighted by Crippen LogP contribution is -2.43. The van der Waals surface area contributed by atoms with E-state index in [9.17, 15) is 10.1 Å². The number of rotatable bonds is 6. The van der Waals surface area contributed by atoms with E-state index in [-0.39, 0.29) is 29.1 Å². The third kappa shape index (κ3) is 3.72. The number of amides is 1. The molecule has 2 aliphatic heterocycles. The lowest BCUT2D eigenvalue weighted by molar-refractivity contribution is 0.0928. The highest BCUT2D eigenvalue weighted by Crippen LogP contribution is 2.38. The molecule has 3 atom stereocenters. The summed E-state index contributed by atoms with van der Waals surface area (Å²) in [6.45, 7) is 6.54. The predicted octanol–water partition coefficient (Wildman–Crippen LogP) is 3.69. The van der Waals surface area contributed by atoms with Crippen LogP contribution in [0.4, 0.5) is 0 Å². The molecule has 1 aromatic carbocycles. The van der Waals surface area contributed by atoms with Crippen molar-refractivity contribution in [3.63, 3.8) is 0 Å². The van der Waals surface area contributed by atoms with Crippen LogP contribution in [0.1, 0.15) is 49.0 Å². The summed E-state index contributed by atoms with van der Waals surface area (Å²) in [7, 11) is 0. The number of carbonyl (C=O) groups is 1. The van der Waals surface area contributed by atoms with Crippen molar-refractivity contribution in [2.24, 2.45) is 5.92 Å². The van der Waals surface area contributed by atoms with Gasteiger partial charge in [0.2, 0.25) is 0 Å². The largest absolute Gasteiger partial charge is 0.489 e. The van der Waals surface area contributed by atoms with Crippen molar-refractivity contribution in [2.75, 3.05) is 6.61 Å². The SMILES string of the molecule is Cc1cnn(-c2ccc(C(=O)N[C@@H]3C[C@@H]4CC[C@H]3N4C#N)c(Cl)c2OCC(C)C)c1. The van der Waals surface area contributed by atoms with Crippen molar-refractivity contribution < 1.29 is 9.53 Å². The van der Waals surface area contributed by atoms with Gasteiger partial charge in [0.05, 0.1) is 35.5 Å². The summed E-state index contributed by atoms with van der Waals surface area (Å²) < 4.78 is 7.72. The van der Waals surface area contributed by atoms with E-state index in [0.717, 1.165) is 24.8 Å². The summed E-state index contributed by atoms with van der Waals surface area (Å²) >= 11 is 6.68. The average Bonchev–Trinajstić information content (AvgIpc) is 3.40. The highest BCUT2D eigenvalue weighted by molar-refractivity contribution is 6.35. The number of nitrogens with zero attached hydrogens (tertiary/aromatic N) is 4. The van der Waals surface area contributed by atoms with Crippen molar-refractivity contribution in [1.82, 2.24) is 20.0 Å². The molecule has 2 saturated heterocycles. The Bertz CT molecular complexity index is 996. The number of nitriles is 1. The highest BCUT2D eigenvalue weighted by atomic mass is 35.5. The molecule has 3 heterocycles. The minimum absolute atomic E-state index is 0.0413. The summed E-state index contributed by atoms with van der Waals surface area (Å²) in [6, 6.07) is 3.79. The fourth-order valence-corrected chi connectivity index (χ4v) is 4.68. The standard InChI is InChI=1S/C22H26ClN5O2/c1-13(2)11-30-21-19(28-10-14(3)9-25-28)7-5-16(20(21)23)22(29)26-17-8-15-4-6-18(17)27(15)12-24/h5,7,9-10,13,15,17-18H,4,6,8,11H2,1-3H3,(H,26,29)/t15-,17+,18+/m0/s1. The molecule has 30 heavy (non-hydrogen) atoms. The molecule has 2 aliphatic rings. The van der Waals surface area contributed by atoms with Crippen LogP contribution in [0.3, 0.4) is 0 Å². The number of fused-ring (bicyclic) bond motifs is 2. The minimum atomic E-state index is -0.243. The number of carbonyl (C=O) groups excluding carboxylic acids is 1. The van der Waals surface area contributed by atoms with Crippen molar-refractivity contribution in [3.05, 3.63) is 40.7 Å². The van der Waals surface area contributed by atoms with Crippen LogP contribution < -0.4 is 10.1 Å². The van der Waals surface area contributed by atoms with Gasteiger partial charge in [0.25, 0.3) is 5.91 Å². The monoisotopic (exact) mass is 427 g/mol. The molecule has 0 unspecified atom stereocenters. The molecular formula is C22H26ClN5O2. The van der Waals surface area contributed by atoms with Gasteiger partial charge in [-0.3, -0.25) is 4.79 Å². The first-order valence-corrected chi connectivity index (χ1v) is 10.7. The molecule has 1 amide bonds. The number of aromatic nitrogens is 2. The van der Waals surface area contributed by atoms with Gasteiger partial charge >= 0.3 is 0 Å². The Labute approximate surface area is 181 Å². The molecule has 1 N–H and O–H groups in total. The van der Waals surface area contributed by atoms with E-state index < -0.39 is 0 Å². The van der Waals surface area contributed by atoms with Crippen LogP contribution in [0.2, 0.25) is 5.02 Å². The molecule has 0 aliphatic carbocycles. The van der Waals surface area contributed by atoms with Crippen molar-refractivity contribution in [2.45, 2.75) is 58.2 Å². The lowest BCUT2D eigenvalue weighted by atomic mass is 9.95. The van der Waals surface area contributed by atoms with E-state index >= 15 is 0 Å². The van der Waals surface area contributed by atoms with Crippen molar-refractivity contribution in [1.29, 1.82) is 5.26 Å². The van der Waals surface area contributed by atoms with Crippen molar-refractivity contribution in [3.8, 4) is 17.6 Å². The van der Waals surface area contributed by atoms with Crippen LogP contribution in [0.15, 0.2) is 24.5 Å². The van der Waals surface area contributed by atoms with E-state index in [1.54, 1.807) is 16.9 Å². The number of ether oxygens (including phenoxy) is 1. The fourth-order valence-electron chi connectivity index (χ4n) is 4.38. The molecule has 2 fully saturated rings. The predicted molar refractivity (Wildman–Crippen MR) is 114 cm³/mol. The van der Waals surface area contributed by atoms with Crippen LogP contribution >= 0.6 is 11.6 Å². The first kappa shape index (κ1) is 20.5. The van der Waals surface area contributed by atoms with Crippen molar-refractivity contribution >= 4 is 17.5 Å². The molecule has 0 saturated carbocycles. The molecule has 0 spiro atoms. The van der Waals surface area contributed by atoms with E-state index in [2.05, 4.69) is 30.5 Å². The van der Waals surface area contributed by atoms with Crippen LogP contribution in [0, 0.1) is 24.3 Å². The van der Waals surface area contributed by atoms with Gasteiger partial charge in [-0.1, -0.05) is 25.4 Å². The molecule has 1 aromatic heterocycles. The normalized spacial score (nSPS) is 22.4. The summed E-state index contributed by atoms with van der Waals surface area (Å²) in [5.74, 6) is 0.512. The summed E-state index contributed by atoms with van der Waals surface area (Å²) in [5.41, 5.74) is 2.08. The molecule has 7 nitrogen and oxygen atoms in total. The number of benzene rings is 1. The van der Waals surface area contributed by atoms with Gasteiger partial charge < -0.3 is 15.0 Å². The molecule has 8 heteroatoms. The van der Waals surface area contributed by atoms with Crippen LogP contribution in [-0.2, 0) is 0 Å². The maximum atomic E-state index is 13.1. The van der Waals surface area contributed by atoms with E-state index in [1.165, 1.54) is 0 Å². The first-order valence-electron chi connectivity index (χ1n) is 10.3. The van der Waals surface area contributed by atoms with Gasteiger partial charge in [-0.05, 0) is 49.8 Å². The molecular weight excluding hydrogens is 402 g/mol. The Morgan fingerprint density at radius 3 is 2.87 bits per heavy atom. The molecule has 4 rings (SSSR count). The quantitative estimate of drug-likeness (QED) is 0.711. The van der Waals surface area contributed by atoms with Gasteiger partial charge in [-0.15, -0.1) is 0 Å². The Morgan fingerprint density at radius 2 is 2.23 bits per heavy atom. The van der Waals surface area contributed by atoms with Crippen LogP contribution in [-0.4, -0.2) is 45.3 Å². The topological polar surface area (TPSA) is 83.2 Å². The number of nitrogens with one attached hydrogen (secondary N) is 1. The highest BCUT2D eigenvalue weighted by Gasteiger charge is 2.46. The van der Waals surface area contributed by atoms with Crippen LogP contribution in [0.5, 0.6) is 5.75 Å². The maximum absolute atomic E-state index is 13.1. The Balaban J connectivity index is 1.61. The Hall–Kier alpha value is -2.72. The second kappa shape index (κ2) is 8.19. The number of hydrogen-bond donors (Lipinski definition) is 1. The number of halogens is 1. The minimum Gasteiger partial charge on any atom is -0.489 e. The molecule has 0 radical (unpaired) electrons. The summed E-state index contributed by atoms with van der Waals surface area (Å²) in [5, 5.41) is 17.1. The summed E-state index contributed by atoms with van der Waals surface area (Å²) in [6.07, 6.45) is 8.65. The molecule has 2 bridgehead atoms. The van der Waals surface area contributed by atoms with E-state index in [4.69, 9.17) is 16.3 Å². The lowest BCUT2D eigenvalue weighted by Gasteiger charge is -2.23. The smallest absolute Gasteiger partial charge is 0.253 e. The van der Waals surface area contributed by atoms with Gasteiger partial charge in [0, 0.05) is 12.2 Å². The van der Waals surface area contributed by atoms with Gasteiger partial charge in [0.1, 0.15) is 5.69 Å². The van der Waals surface area contributed by atoms with E-state index in [1.807, 2.05) is 24.1 Å². The van der Waals surface area contributed by atoms with Gasteiger partial charge in [-0.25, -0.2) is 4.68 Å². The third-order valence-electron chi connectivity index (χ3n) is 5.81. The first-order chi connectivity index (χ1) is 14.4. The second-order valence-electron chi connectivity index (χ2n) is 8.56. The van der Waals surface area contributed by atoms with E-state index in [0.29, 0.717) is 29.5 Å². The summed E-state index contributed by atoms with van der Waals surface area (Å²) in [4.78, 5) is 14.9. The maximum Gasteiger partial charge on any atom is 0.253 e. The molecule has 2 aromatic rings. The fraction of sp³-hybridized carbons (Fsp3) is 0.500. The molecule has 158 valence electrons. The van der Waals surface area contributed by atoms with Gasteiger partial charge in [-0.2, -0.15) is 10.4 Å².